The van der Waals surface area contributed by atoms with Gasteiger partial charge in [-0.3, -0.25) is 0 Å². The topological polar surface area (TPSA) is 29.4 Å². The minimum absolute atomic E-state index is 0.639. The van der Waals surface area contributed by atoms with Crippen LogP contribution in [-0.2, 0) is 4.79 Å². The van der Waals surface area contributed by atoms with Gasteiger partial charge in [-0.05, 0) is 6.42 Å². The van der Waals surface area contributed by atoms with E-state index in [9.17, 15) is 4.79 Å². The molecule has 0 saturated heterocycles. The second-order valence-corrected chi connectivity index (χ2v) is 2.48. The van der Waals surface area contributed by atoms with Gasteiger partial charge in [0.15, 0.2) is 0 Å². The van der Waals surface area contributed by atoms with Crippen LogP contribution in [0.3, 0.4) is 0 Å². The van der Waals surface area contributed by atoms with E-state index in [4.69, 9.17) is 0 Å². The summed E-state index contributed by atoms with van der Waals surface area (Å²) in [7, 11) is 0. The summed E-state index contributed by atoms with van der Waals surface area (Å²) in [6.45, 7) is 2.69. The van der Waals surface area contributed by atoms with Crippen molar-refractivity contribution in [1.82, 2.24) is 0 Å². The molecule has 0 aliphatic carbocycles. The SMILES string of the molecule is CCCCN=C=O.c1ccccc1. The van der Waals surface area contributed by atoms with E-state index < -0.39 is 0 Å². The van der Waals surface area contributed by atoms with Crippen molar-refractivity contribution in [2.75, 3.05) is 6.54 Å². The molecule has 0 spiro atoms. The molecule has 2 nitrogen and oxygen atoms in total. The zero-order valence-electron chi connectivity index (χ0n) is 7.94. The molecule has 1 aromatic rings. The number of hydrogen-bond donors (Lipinski definition) is 0. The van der Waals surface area contributed by atoms with Crippen LogP contribution in [0.25, 0.3) is 0 Å². The number of hydrogen-bond acceptors (Lipinski definition) is 2. The third-order valence-corrected chi connectivity index (χ3v) is 1.35. The average Bonchev–Trinajstić information content (AvgIpc) is 2.22. The summed E-state index contributed by atoms with van der Waals surface area (Å²) in [5, 5.41) is 0. The van der Waals surface area contributed by atoms with E-state index in [1.807, 2.05) is 36.4 Å². The summed E-state index contributed by atoms with van der Waals surface area (Å²) >= 11 is 0. The lowest BCUT2D eigenvalue weighted by atomic mass is 10.3. The van der Waals surface area contributed by atoms with E-state index in [-0.39, 0.29) is 0 Å². The van der Waals surface area contributed by atoms with Crippen molar-refractivity contribution in [3.05, 3.63) is 36.4 Å². The molecule has 0 radical (unpaired) electrons. The van der Waals surface area contributed by atoms with Crippen LogP contribution in [0.1, 0.15) is 19.8 Å². The molecule has 0 fully saturated rings. The number of nitrogens with zero attached hydrogens (tertiary/aromatic N) is 1. The lowest BCUT2D eigenvalue weighted by molar-refractivity contribution is 0.562. The Morgan fingerprint density at radius 2 is 1.54 bits per heavy atom. The molecule has 0 unspecified atom stereocenters. The van der Waals surface area contributed by atoms with E-state index in [0.29, 0.717) is 6.54 Å². The molecule has 1 aromatic carbocycles. The molecule has 1 rings (SSSR count). The molecule has 13 heavy (non-hydrogen) atoms. The Kier molecular flexibility index (Phi) is 9.46. The van der Waals surface area contributed by atoms with Gasteiger partial charge in [0.25, 0.3) is 0 Å². The highest BCUT2D eigenvalue weighted by Gasteiger charge is 1.74. The van der Waals surface area contributed by atoms with Gasteiger partial charge in [0.05, 0.1) is 6.54 Å². The molecule has 70 valence electrons. The molecule has 0 aliphatic rings. The molecular weight excluding hydrogens is 162 g/mol. The molecule has 0 saturated carbocycles. The zero-order chi connectivity index (χ0) is 9.78. The standard InChI is InChI=1S/C6H6.C5H9NO/c1-2-4-6-5-3-1;1-2-3-4-6-5-7/h1-6H;2-4H2,1H3. The quantitative estimate of drug-likeness (QED) is 0.396. The first-order valence-electron chi connectivity index (χ1n) is 4.45. The molecule has 0 heterocycles. The molecule has 0 aromatic heterocycles. The lowest BCUT2D eigenvalue weighted by Gasteiger charge is -1.80. The monoisotopic (exact) mass is 177 g/mol. The number of unbranched alkanes of at least 4 members (excludes halogenated alkanes) is 1. The fourth-order valence-electron chi connectivity index (χ4n) is 0.668. The minimum Gasteiger partial charge on any atom is -0.211 e. The van der Waals surface area contributed by atoms with Crippen LogP contribution in [0, 0.1) is 0 Å². The second kappa shape index (κ2) is 10.6. The maximum Gasteiger partial charge on any atom is 0.234 e. The van der Waals surface area contributed by atoms with Gasteiger partial charge in [0, 0.05) is 0 Å². The largest absolute Gasteiger partial charge is 0.234 e. The number of aliphatic imine (C=N–C) groups is 1. The first kappa shape index (κ1) is 11.6. The van der Waals surface area contributed by atoms with Gasteiger partial charge in [-0.2, -0.15) is 0 Å². The Morgan fingerprint density at radius 1 is 1.08 bits per heavy atom. The average molecular weight is 177 g/mol. The van der Waals surface area contributed by atoms with Crippen LogP contribution >= 0.6 is 0 Å². The van der Waals surface area contributed by atoms with Crippen LogP contribution < -0.4 is 0 Å². The molecule has 0 amide bonds. The summed E-state index contributed by atoms with van der Waals surface area (Å²) in [5.74, 6) is 0. The van der Waals surface area contributed by atoms with Crippen molar-refractivity contribution in [3.63, 3.8) is 0 Å². The Hall–Kier alpha value is -1.40. The highest BCUT2D eigenvalue weighted by molar-refractivity contribution is 5.32. The first-order valence-corrected chi connectivity index (χ1v) is 4.45. The van der Waals surface area contributed by atoms with Gasteiger partial charge in [-0.15, -0.1) is 0 Å². The normalized spacial score (nSPS) is 7.77. The van der Waals surface area contributed by atoms with Crippen molar-refractivity contribution >= 4 is 6.08 Å². The van der Waals surface area contributed by atoms with Crippen molar-refractivity contribution in [3.8, 4) is 0 Å². The summed E-state index contributed by atoms with van der Waals surface area (Å²) < 4.78 is 0. The third-order valence-electron chi connectivity index (χ3n) is 1.35. The second-order valence-electron chi connectivity index (χ2n) is 2.48. The number of rotatable bonds is 3. The van der Waals surface area contributed by atoms with Gasteiger partial charge in [0.1, 0.15) is 0 Å². The van der Waals surface area contributed by atoms with Crippen molar-refractivity contribution < 1.29 is 4.79 Å². The Balaban J connectivity index is 0.000000223. The van der Waals surface area contributed by atoms with Crippen LogP contribution in [-0.4, -0.2) is 12.6 Å². The highest BCUT2D eigenvalue weighted by atomic mass is 16.1. The van der Waals surface area contributed by atoms with Crippen LogP contribution in [0.2, 0.25) is 0 Å². The van der Waals surface area contributed by atoms with Crippen LogP contribution in [0.4, 0.5) is 0 Å². The minimum atomic E-state index is 0.639. The fraction of sp³-hybridized carbons (Fsp3) is 0.364. The Morgan fingerprint density at radius 3 is 1.85 bits per heavy atom. The molecule has 0 N–H and O–H groups in total. The van der Waals surface area contributed by atoms with Gasteiger partial charge < -0.3 is 0 Å². The number of benzene rings is 1. The van der Waals surface area contributed by atoms with Crippen molar-refractivity contribution in [2.45, 2.75) is 19.8 Å². The molecular formula is C11H15NO. The predicted octanol–water partition coefficient (Wildman–Crippen LogP) is 2.81. The van der Waals surface area contributed by atoms with E-state index in [0.717, 1.165) is 12.8 Å². The van der Waals surface area contributed by atoms with Crippen LogP contribution in [0.15, 0.2) is 41.4 Å². The van der Waals surface area contributed by atoms with Crippen molar-refractivity contribution in [2.24, 2.45) is 4.99 Å². The first-order chi connectivity index (χ1) is 6.41. The maximum absolute atomic E-state index is 9.39. The lowest BCUT2D eigenvalue weighted by Crippen LogP contribution is -1.74. The molecule has 0 aliphatic heterocycles. The zero-order valence-corrected chi connectivity index (χ0v) is 7.94. The summed E-state index contributed by atoms with van der Waals surface area (Å²) in [4.78, 5) is 12.7. The molecule has 0 bridgehead atoms. The van der Waals surface area contributed by atoms with Gasteiger partial charge in [0.2, 0.25) is 6.08 Å². The number of carbonyl (C=O) groups excluding carboxylic acids is 1. The smallest absolute Gasteiger partial charge is 0.211 e. The molecule has 0 atom stereocenters. The van der Waals surface area contributed by atoms with E-state index >= 15 is 0 Å². The Labute approximate surface area is 79.3 Å². The Bertz CT molecular complexity index is 200. The highest BCUT2D eigenvalue weighted by Crippen LogP contribution is 1.83. The van der Waals surface area contributed by atoms with Crippen molar-refractivity contribution in [1.29, 1.82) is 0 Å². The van der Waals surface area contributed by atoms with E-state index in [1.165, 1.54) is 6.08 Å². The molecule has 2 heteroatoms. The summed E-state index contributed by atoms with van der Waals surface area (Å²) in [5.41, 5.74) is 0. The van der Waals surface area contributed by atoms with Gasteiger partial charge >= 0.3 is 0 Å². The van der Waals surface area contributed by atoms with E-state index in [1.54, 1.807) is 0 Å². The maximum atomic E-state index is 9.39. The van der Waals surface area contributed by atoms with Crippen LogP contribution in [0.5, 0.6) is 0 Å². The van der Waals surface area contributed by atoms with Gasteiger partial charge in [-0.25, -0.2) is 9.79 Å². The van der Waals surface area contributed by atoms with E-state index in [2.05, 4.69) is 11.9 Å². The number of isocyanates is 1. The van der Waals surface area contributed by atoms with Gasteiger partial charge in [-0.1, -0.05) is 49.7 Å². The summed E-state index contributed by atoms with van der Waals surface area (Å²) in [6, 6.07) is 12.0. The fourth-order valence-corrected chi connectivity index (χ4v) is 0.668. The predicted molar refractivity (Wildman–Crippen MR) is 54.3 cm³/mol. The third kappa shape index (κ3) is 10.6. The summed E-state index contributed by atoms with van der Waals surface area (Å²) in [6.07, 6.45) is 3.56.